The van der Waals surface area contributed by atoms with Crippen LogP contribution in [0.4, 0.5) is 0 Å². The van der Waals surface area contributed by atoms with Crippen LogP contribution in [0.25, 0.3) is 0 Å². The zero-order valence-corrected chi connectivity index (χ0v) is 7.51. The fourth-order valence-corrected chi connectivity index (χ4v) is 0.681. The Kier molecular flexibility index (Phi) is 6.77. The van der Waals surface area contributed by atoms with Gasteiger partial charge in [-0.2, -0.15) is 0 Å². The largest absolute Gasteiger partial charge is 0.545 e. The Labute approximate surface area is 81.9 Å². The van der Waals surface area contributed by atoms with E-state index in [4.69, 9.17) is 0 Å². The summed E-state index contributed by atoms with van der Waals surface area (Å²) in [5.74, 6) is -2.46. The molecule has 0 amide bonds. The van der Waals surface area contributed by atoms with Crippen LogP contribution in [0, 0.1) is 0 Å². The number of hydrogen-bond acceptors (Lipinski definition) is 4. The van der Waals surface area contributed by atoms with Crippen LogP contribution >= 0.6 is 0 Å². The Morgan fingerprint density at radius 2 is 1.43 bits per heavy atom. The highest BCUT2D eigenvalue weighted by atomic mass is 16.4. The van der Waals surface area contributed by atoms with E-state index in [1.54, 1.807) is 12.2 Å². The number of aliphatic carboxylic acids is 2. The molecular formula is C10H10O4-2. The summed E-state index contributed by atoms with van der Waals surface area (Å²) in [7, 11) is 0. The monoisotopic (exact) mass is 194 g/mol. The summed E-state index contributed by atoms with van der Waals surface area (Å²) in [5.41, 5.74) is 0. The zero-order valence-electron chi connectivity index (χ0n) is 7.51. The second-order valence-corrected chi connectivity index (χ2v) is 2.41. The van der Waals surface area contributed by atoms with Crippen molar-refractivity contribution in [1.82, 2.24) is 0 Å². The van der Waals surface area contributed by atoms with Crippen LogP contribution in [-0.4, -0.2) is 11.9 Å². The van der Waals surface area contributed by atoms with Crippen molar-refractivity contribution in [2.24, 2.45) is 0 Å². The standard InChI is InChI=1S/C10H12O4/c11-9(12)7-5-3-1-2-4-6-8-10(13)14/h1,3,5-8H,2,4H2,(H,11,12)(H,13,14)/p-2/b3-1+,7-5+,8-6+. The SMILES string of the molecule is O=C([O-])/C=C/C=C/CC/C=C/C(=O)[O-]. The Morgan fingerprint density at radius 1 is 0.857 bits per heavy atom. The van der Waals surface area contributed by atoms with E-state index in [9.17, 15) is 19.8 Å². The van der Waals surface area contributed by atoms with E-state index < -0.39 is 11.9 Å². The van der Waals surface area contributed by atoms with Crippen molar-refractivity contribution in [2.75, 3.05) is 0 Å². The summed E-state index contributed by atoms with van der Waals surface area (Å²) in [6.45, 7) is 0. The number of allylic oxidation sites excluding steroid dienone is 4. The molecule has 0 aromatic rings. The smallest absolute Gasteiger partial charge is 0.0642 e. The van der Waals surface area contributed by atoms with Gasteiger partial charge in [0.05, 0.1) is 11.9 Å². The molecule has 0 bridgehead atoms. The number of carbonyl (C=O) groups is 2. The first-order chi connectivity index (χ1) is 6.63. The third-order valence-electron chi connectivity index (χ3n) is 1.23. The number of carboxylic acid groups (broad SMARTS) is 2. The van der Waals surface area contributed by atoms with Gasteiger partial charge < -0.3 is 19.8 Å². The molecule has 4 nitrogen and oxygen atoms in total. The van der Waals surface area contributed by atoms with Crippen molar-refractivity contribution in [1.29, 1.82) is 0 Å². The molecular weight excluding hydrogens is 184 g/mol. The van der Waals surface area contributed by atoms with Crippen LogP contribution in [0.1, 0.15) is 12.8 Å². The van der Waals surface area contributed by atoms with E-state index in [0.717, 1.165) is 12.2 Å². The lowest BCUT2D eigenvalue weighted by Gasteiger charge is -1.89. The van der Waals surface area contributed by atoms with E-state index in [2.05, 4.69) is 0 Å². The summed E-state index contributed by atoms with van der Waals surface area (Å²) >= 11 is 0. The predicted octanol–water partition coefficient (Wildman–Crippen LogP) is -1.06. The number of unbranched alkanes of at least 4 members (excludes halogenated alkanes) is 1. The topological polar surface area (TPSA) is 80.3 Å². The number of carbonyl (C=O) groups excluding carboxylic acids is 2. The van der Waals surface area contributed by atoms with Gasteiger partial charge in [-0.15, -0.1) is 0 Å². The molecule has 0 saturated heterocycles. The van der Waals surface area contributed by atoms with Crippen molar-refractivity contribution in [2.45, 2.75) is 12.8 Å². The first-order valence-corrected chi connectivity index (χ1v) is 4.04. The average Bonchev–Trinajstić information content (AvgIpc) is 2.08. The fraction of sp³-hybridized carbons (Fsp3) is 0.200. The van der Waals surface area contributed by atoms with Gasteiger partial charge >= 0.3 is 0 Å². The summed E-state index contributed by atoms with van der Waals surface area (Å²) in [5, 5.41) is 19.8. The first kappa shape index (κ1) is 12.2. The second kappa shape index (κ2) is 7.79. The minimum Gasteiger partial charge on any atom is -0.545 e. The van der Waals surface area contributed by atoms with Gasteiger partial charge in [0.1, 0.15) is 0 Å². The molecule has 0 aliphatic heterocycles. The van der Waals surface area contributed by atoms with Crippen LogP contribution in [0.15, 0.2) is 36.5 Å². The van der Waals surface area contributed by atoms with Gasteiger partial charge in [-0.3, -0.25) is 0 Å². The minimum atomic E-state index is -1.24. The van der Waals surface area contributed by atoms with Crippen LogP contribution in [0.2, 0.25) is 0 Å². The minimum absolute atomic E-state index is 0.573. The maximum Gasteiger partial charge on any atom is 0.0642 e. The summed E-state index contributed by atoms with van der Waals surface area (Å²) in [4.78, 5) is 19.8. The summed E-state index contributed by atoms with van der Waals surface area (Å²) in [6, 6.07) is 0. The lowest BCUT2D eigenvalue weighted by molar-refractivity contribution is -0.298. The molecule has 0 heterocycles. The highest BCUT2D eigenvalue weighted by molar-refractivity contribution is 5.78. The average molecular weight is 194 g/mol. The van der Waals surface area contributed by atoms with Crippen LogP contribution < -0.4 is 10.2 Å². The van der Waals surface area contributed by atoms with Crippen molar-refractivity contribution in [3.8, 4) is 0 Å². The molecule has 0 spiro atoms. The fourth-order valence-electron chi connectivity index (χ4n) is 0.681. The lowest BCUT2D eigenvalue weighted by atomic mass is 10.2. The molecule has 0 aromatic carbocycles. The Bertz CT molecular complexity index is 274. The zero-order chi connectivity index (χ0) is 10.8. The van der Waals surface area contributed by atoms with Gasteiger partial charge in [0.2, 0.25) is 0 Å². The number of hydrogen-bond donors (Lipinski definition) is 0. The summed E-state index contributed by atoms with van der Waals surface area (Å²) < 4.78 is 0. The number of rotatable bonds is 6. The third-order valence-corrected chi connectivity index (χ3v) is 1.23. The molecule has 14 heavy (non-hydrogen) atoms. The maximum atomic E-state index is 9.91. The molecule has 0 aromatic heterocycles. The summed E-state index contributed by atoms with van der Waals surface area (Å²) in [6.07, 6.45) is 9.19. The molecule has 0 N–H and O–H groups in total. The molecule has 0 rings (SSSR count). The van der Waals surface area contributed by atoms with Crippen LogP contribution in [-0.2, 0) is 9.59 Å². The van der Waals surface area contributed by atoms with Crippen LogP contribution in [0.3, 0.4) is 0 Å². The molecule has 0 aliphatic carbocycles. The van der Waals surface area contributed by atoms with Crippen molar-refractivity contribution in [3.05, 3.63) is 36.5 Å². The van der Waals surface area contributed by atoms with Gasteiger partial charge in [0.25, 0.3) is 0 Å². The molecule has 0 fully saturated rings. The van der Waals surface area contributed by atoms with Gasteiger partial charge in [0.15, 0.2) is 0 Å². The normalized spacial score (nSPS) is 11.7. The second-order valence-electron chi connectivity index (χ2n) is 2.41. The molecule has 0 aliphatic rings. The van der Waals surface area contributed by atoms with Crippen molar-refractivity contribution in [3.63, 3.8) is 0 Å². The van der Waals surface area contributed by atoms with Crippen molar-refractivity contribution < 1.29 is 19.8 Å². The first-order valence-electron chi connectivity index (χ1n) is 4.04. The lowest BCUT2D eigenvalue weighted by Crippen LogP contribution is -2.18. The van der Waals surface area contributed by atoms with Gasteiger partial charge in [-0.05, 0) is 25.0 Å². The Hall–Kier alpha value is -1.84. The van der Waals surface area contributed by atoms with E-state index in [1.165, 1.54) is 12.2 Å². The van der Waals surface area contributed by atoms with E-state index in [1.807, 2.05) is 0 Å². The maximum absolute atomic E-state index is 9.91. The molecule has 76 valence electrons. The van der Waals surface area contributed by atoms with Gasteiger partial charge in [-0.1, -0.05) is 24.3 Å². The van der Waals surface area contributed by atoms with Gasteiger partial charge in [-0.25, -0.2) is 0 Å². The molecule has 0 unspecified atom stereocenters. The molecule has 0 saturated carbocycles. The van der Waals surface area contributed by atoms with E-state index in [-0.39, 0.29) is 0 Å². The van der Waals surface area contributed by atoms with Crippen LogP contribution in [0.5, 0.6) is 0 Å². The molecule has 4 heteroatoms. The number of carboxylic acids is 2. The predicted molar refractivity (Wildman–Crippen MR) is 46.7 cm³/mol. The molecule has 0 radical (unpaired) electrons. The van der Waals surface area contributed by atoms with E-state index in [0.29, 0.717) is 12.8 Å². The third kappa shape index (κ3) is 10.2. The van der Waals surface area contributed by atoms with E-state index >= 15 is 0 Å². The molecule has 0 atom stereocenters. The highest BCUT2D eigenvalue weighted by Crippen LogP contribution is 1.92. The van der Waals surface area contributed by atoms with Crippen molar-refractivity contribution >= 4 is 11.9 Å². The Morgan fingerprint density at radius 3 is 2.00 bits per heavy atom. The van der Waals surface area contributed by atoms with Gasteiger partial charge in [0, 0.05) is 0 Å². The Balaban J connectivity index is 3.54. The quantitative estimate of drug-likeness (QED) is 0.306. The highest BCUT2D eigenvalue weighted by Gasteiger charge is 1.76.